The van der Waals surface area contributed by atoms with Gasteiger partial charge in [-0.1, -0.05) is 26.0 Å². The van der Waals surface area contributed by atoms with Crippen molar-refractivity contribution in [2.45, 2.75) is 26.3 Å². The van der Waals surface area contributed by atoms with Crippen LogP contribution in [0.5, 0.6) is 5.75 Å². The molecule has 0 aliphatic rings. The van der Waals surface area contributed by atoms with Crippen LogP contribution in [0.4, 0.5) is 14.5 Å². The Bertz CT molecular complexity index is 588. The van der Waals surface area contributed by atoms with Gasteiger partial charge in [0.15, 0.2) is 17.4 Å². The van der Waals surface area contributed by atoms with Gasteiger partial charge in [-0.2, -0.15) is 0 Å². The van der Waals surface area contributed by atoms with Gasteiger partial charge in [0.25, 0.3) is 0 Å². The second kappa shape index (κ2) is 5.90. The molecule has 0 spiro atoms. The van der Waals surface area contributed by atoms with Gasteiger partial charge in [-0.05, 0) is 41.3 Å². The predicted octanol–water partition coefficient (Wildman–Crippen LogP) is 4.41. The summed E-state index contributed by atoms with van der Waals surface area (Å²) in [5.74, 6) is -2.41. The first-order valence-corrected chi connectivity index (χ1v) is 6.48. The summed E-state index contributed by atoms with van der Waals surface area (Å²) in [6, 6.07) is 10.1. The summed E-state index contributed by atoms with van der Waals surface area (Å²) in [5, 5.41) is 12.2. The number of benzene rings is 2. The van der Waals surface area contributed by atoms with Crippen molar-refractivity contribution in [1.29, 1.82) is 0 Å². The highest BCUT2D eigenvalue weighted by Crippen LogP contribution is 2.23. The molecule has 4 heteroatoms. The second-order valence-corrected chi connectivity index (χ2v) is 5.04. The van der Waals surface area contributed by atoms with E-state index < -0.39 is 17.4 Å². The molecule has 2 rings (SSSR count). The molecule has 2 aromatic rings. The Morgan fingerprint density at radius 1 is 1.10 bits per heavy atom. The lowest BCUT2D eigenvalue weighted by Crippen LogP contribution is -2.01. The summed E-state index contributed by atoms with van der Waals surface area (Å²) in [5.41, 5.74) is 2.52. The Hall–Kier alpha value is -2.10. The monoisotopic (exact) mass is 277 g/mol. The maximum Gasteiger partial charge on any atom is 0.187 e. The third-order valence-corrected chi connectivity index (χ3v) is 3.13. The number of hydrogen-bond acceptors (Lipinski definition) is 2. The third kappa shape index (κ3) is 3.26. The van der Waals surface area contributed by atoms with E-state index in [0.29, 0.717) is 11.5 Å². The number of aromatic hydroxyl groups is 1. The third-order valence-electron chi connectivity index (χ3n) is 3.13. The zero-order valence-corrected chi connectivity index (χ0v) is 11.5. The minimum Gasteiger partial charge on any atom is -0.503 e. The van der Waals surface area contributed by atoms with E-state index in [4.69, 9.17) is 5.11 Å². The summed E-state index contributed by atoms with van der Waals surface area (Å²) < 4.78 is 26.4. The zero-order chi connectivity index (χ0) is 14.7. The smallest absolute Gasteiger partial charge is 0.187 e. The fourth-order valence-electron chi connectivity index (χ4n) is 1.93. The summed E-state index contributed by atoms with van der Waals surface area (Å²) in [6.45, 7) is 4.49. The van der Waals surface area contributed by atoms with Gasteiger partial charge in [-0.3, -0.25) is 0 Å². The summed E-state index contributed by atoms with van der Waals surface area (Å²) >= 11 is 0. The first kappa shape index (κ1) is 14.3. The van der Waals surface area contributed by atoms with Gasteiger partial charge in [0.1, 0.15) is 0 Å². The van der Waals surface area contributed by atoms with E-state index in [2.05, 4.69) is 19.2 Å². The van der Waals surface area contributed by atoms with Crippen molar-refractivity contribution in [2.24, 2.45) is 0 Å². The van der Waals surface area contributed by atoms with Crippen LogP contribution in [0, 0.1) is 11.6 Å². The first-order valence-electron chi connectivity index (χ1n) is 6.48. The molecule has 0 aromatic heterocycles. The Morgan fingerprint density at radius 3 is 2.35 bits per heavy atom. The quantitative estimate of drug-likeness (QED) is 0.867. The molecule has 2 aromatic carbocycles. The van der Waals surface area contributed by atoms with Gasteiger partial charge in [0.2, 0.25) is 0 Å². The van der Waals surface area contributed by atoms with Gasteiger partial charge in [0.05, 0.1) is 0 Å². The molecule has 0 aliphatic carbocycles. The molecule has 0 amide bonds. The van der Waals surface area contributed by atoms with Crippen molar-refractivity contribution in [2.75, 3.05) is 5.32 Å². The molecule has 0 saturated heterocycles. The van der Waals surface area contributed by atoms with Crippen LogP contribution < -0.4 is 5.32 Å². The van der Waals surface area contributed by atoms with E-state index in [9.17, 15) is 8.78 Å². The van der Waals surface area contributed by atoms with E-state index in [1.807, 2.05) is 24.3 Å². The van der Waals surface area contributed by atoms with Gasteiger partial charge in [-0.25, -0.2) is 8.78 Å². The van der Waals surface area contributed by atoms with Crippen molar-refractivity contribution >= 4 is 5.69 Å². The molecule has 0 bridgehead atoms. The molecular weight excluding hydrogens is 260 g/mol. The van der Waals surface area contributed by atoms with Crippen molar-refractivity contribution < 1.29 is 13.9 Å². The lowest BCUT2D eigenvalue weighted by molar-refractivity contribution is 0.395. The summed E-state index contributed by atoms with van der Waals surface area (Å²) in [7, 11) is 0. The van der Waals surface area contributed by atoms with Crippen LogP contribution in [0.2, 0.25) is 0 Å². The molecule has 2 N–H and O–H groups in total. The molecule has 106 valence electrons. The topological polar surface area (TPSA) is 32.3 Å². The number of nitrogens with one attached hydrogen (secondary N) is 1. The number of halogens is 2. The lowest BCUT2D eigenvalue weighted by Gasteiger charge is -2.11. The number of hydrogen-bond donors (Lipinski definition) is 2. The summed E-state index contributed by atoms with van der Waals surface area (Å²) in [4.78, 5) is 0. The summed E-state index contributed by atoms with van der Waals surface area (Å²) in [6.07, 6.45) is 0. The van der Waals surface area contributed by atoms with Crippen molar-refractivity contribution in [1.82, 2.24) is 0 Å². The van der Waals surface area contributed by atoms with Gasteiger partial charge in [0, 0.05) is 12.2 Å². The number of phenols is 1. The highest BCUT2D eigenvalue weighted by molar-refractivity contribution is 5.47. The standard InChI is InChI=1S/C16H17F2NO/c1-10(2)12-4-3-5-13(8-12)19-9-11-6-14(17)16(20)15(18)7-11/h3-8,10,19-20H,9H2,1-2H3. The van der Waals surface area contributed by atoms with Crippen LogP contribution in [0.1, 0.15) is 30.9 Å². The molecule has 0 radical (unpaired) electrons. The van der Waals surface area contributed by atoms with Crippen LogP contribution in [-0.4, -0.2) is 5.11 Å². The van der Waals surface area contributed by atoms with Crippen molar-refractivity contribution in [3.05, 3.63) is 59.2 Å². The highest BCUT2D eigenvalue weighted by Gasteiger charge is 2.09. The largest absolute Gasteiger partial charge is 0.503 e. The van der Waals surface area contributed by atoms with Gasteiger partial charge >= 0.3 is 0 Å². The molecule has 0 saturated carbocycles. The molecule has 0 heterocycles. The van der Waals surface area contributed by atoms with Crippen LogP contribution >= 0.6 is 0 Å². The first-order chi connectivity index (χ1) is 9.47. The minimum absolute atomic E-state index is 0.287. The van der Waals surface area contributed by atoms with Gasteiger partial charge in [-0.15, -0.1) is 0 Å². The molecule has 20 heavy (non-hydrogen) atoms. The Labute approximate surface area is 117 Å². The fraction of sp³-hybridized carbons (Fsp3) is 0.250. The Balaban J connectivity index is 2.11. The molecule has 0 aliphatic heterocycles. The average Bonchev–Trinajstić information content (AvgIpc) is 2.42. The molecule has 0 atom stereocenters. The average molecular weight is 277 g/mol. The van der Waals surface area contributed by atoms with Crippen LogP contribution in [0.25, 0.3) is 0 Å². The molecule has 2 nitrogen and oxygen atoms in total. The number of rotatable bonds is 4. The number of anilines is 1. The molecule has 0 fully saturated rings. The van der Waals surface area contributed by atoms with E-state index in [-0.39, 0.29) is 6.54 Å². The second-order valence-electron chi connectivity index (χ2n) is 5.04. The van der Waals surface area contributed by atoms with E-state index in [1.165, 1.54) is 5.56 Å². The van der Waals surface area contributed by atoms with Crippen LogP contribution in [0.3, 0.4) is 0 Å². The van der Waals surface area contributed by atoms with E-state index in [1.54, 1.807) is 0 Å². The number of phenolic OH excluding ortho intramolecular Hbond substituents is 1. The minimum atomic E-state index is -0.947. The Morgan fingerprint density at radius 2 is 1.75 bits per heavy atom. The van der Waals surface area contributed by atoms with Crippen LogP contribution in [0.15, 0.2) is 36.4 Å². The fourth-order valence-corrected chi connectivity index (χ4v) is 1.93. The predicted molar refractivity (Wildman–Crippen MR) is 75.9 cm³/mol. The molecule has 0 unspecified atom stereocenters. The van der Waals surface area contributed by atoms with E-state index in [0.717, 1.165) is 17.8 Å². The molecular formula is C16H17F2NO. The lowest BCUT2D eigenvalue weighted by atomic mass is 10.0. The highest BCUT2D eigenvalue weighted by atomic mass is 19.1. The maximum absolute atomic E-state index is 13.2. The van der Waals surface area contributed by atoms with Crippen molar-refractivity contribution in [3.63, 3.8) is 0 Å². The van der Waals surface area contributed by atoms with E-state index >= 15 is 0 Å². The zero-order valence-electron chi connectivity index (χ0n) is 11.5. The van der Waals surface area contributed by atoms with Gasteiger partial charge < -0.3 is 10.4 Å². The van der Waals surface area contributed by atoms with Crippen LogP contribution in [-0.2, 0) is 6.54 Å². The maximum atomic E-state index is 13.2. The Kier molecular flexibility index (Phi) is 4.23. The van der Waals surface area contributed by atoms with Crippen molar-refractivity contribution in [3.8, 4) is 5.75 Å². The SMILES string of the molecule is CC(C)c1cccc(NCc2cc(F)c(O)c(F)c2)c1. The normalized spacial score (nSPS) is 10.8.